The summed E-state index contributed by atoms with van der Waals surface area (Å²) in [4.78, 5) is 14.6. The molecule has 0 saturated carbocycles. The van der Waals surface area contributed by atoms with Gasteiger partial charge in [0.25, 0.3) is 0 Å². The molecule has 0 bridgehead atoms. The third kappa shape index (κ3) is 3.66. The zero-order chi connectivity index (χ0) is 19.0. The number of aryl methyl sites for hydroxylation is 3. The van der Waals surface area contributed by atoms with Gasteiger partial charge in [0, 0.05) is 36.6 Å². The van der Waals surface area contributed by atoms with Crippen LogP contribution in [0.3, 0.4) is 0 Å². The van der Waals surface area contributed by atoms with Crippen molar-refractivity contribution in [2.75, 3.05) is 13.1 Å². The molecule has 146 valence electrons. The van der Waals surface area contributed by atoms with Crippen LogP contribution in [0.5, 0.6) is 0 Å². The second kappa shape index (κ2) is 7.49. The van der Waals surface area contributed by atoms with Gasteiger partial charge in [-0.25, -0.2) is 0 Å². The molecule has 1 saturated heterocycles. The zero-order valence-electron chi connectivity index (χ0n) is 16.6. The number of hydrogen-bond donors (Lipinski definition) is 0. The summed E-state index contributed by atoms with van der Waals surface area (Å²) >= 11 is 0. The summed E-state index contributed by atoms with van der Waals surface area (Å²) in [7, 11) is 0. The van der Waals surface area contributed by atoms with Gasteiger partial charge in [0.2, 0.25) is 5.91 Å². The Hall–Kier alpha value is -2.11. The third-order valence-electron chi connectivity index (χ3n) is 6.32. The molecular weight excluding hydrogens is 342 g/mol. The first-order valence-corrected chi connectivity index (χ1v) is 10.2. The highest BCUT2D eigenvalue weighted by molar-refractivity contribution is 5.76. The van der Waals surface area contributed by atoms with Crippen molar-refractivity contribution in [3.8, 4) is 0 Å². The SMILES string of the molecule is Cc1noc(C)c1CCC(=O)N1CCC(c2onc3c2C[C@@H](C)CC3)CC1. The Morgan fingerprint density at radius 2 is 1.93 bits per heavy atom. The van der Waals surface area contributed by atoms with Crippen LogP contribution >= 0.6 is 0 Å². The smallest absolute Gasteiger partial charge is 0.222 e. The lowest BCUT2D eigenvalue weighted by Gasteiger charge is -2.31. The Bertz CT molecular complexity index is 795. The first-order chi connectivity index (χ1) is 13.0. The summed E-state index contributed by atoms with van der Waals surface area (Å²) in [6.07, 6.45) is 6.48. The molecule has 0 radical (unpaired) electrons. The Kier molecular flexibility index (Phi) is 5.06. The fourth-order valence-electron chi connectivity index (χ4n) is 4.57. The highest BCUT2D eigenvalue weighted by Gasteiger charge is 2.31. The monoisotopic (exact) mass is 371 g/mol. The summed E-state index contributed by atoms with van der Waals surface area (Å²) in [5.41, 5.74) is 4.49. The summed E-state index contributed by atoms with van der Waals surface area (Å²) in [5, 5.41) is 8.29. The van der Waals surface area contributed by atoms with E-state index in [1.807, 2.05) is 18.7 Å². The molecule has 1 atom stereocenters. The molecule has 2 aliphatic rings. The summed E-state index contributed by atoms with van der Waals surface area (Å²) in [6.45, 7) is 7.75. The van der Waals surface area contributed by atoms with Crippen LogP contribution in [0.1, 0.15) is 72.6 Å². The van der Waals surface area contributed by atoms with Gasteiger partial charge >= 0.3 is 0 Å². The summed E-state index contributed by atoms with van der Waals surface area (Å²) in [5.74, 6) is 3.25. The van der Waals surface area contributed by atoms with Gasteiger partial charge in [-0.1, -0.05) is 17.2 Å². The topological polar surface area (TPSA) is 72.4 Å². The maximum absolute atomic E-state index is 12.6. The number of aromatic nitrogens is 2. The van der Waals surface area contributed by atoms with Crippen LogP contribution in [0, 0.1) is 19.8 Å². The lowest BCUT2D eigenvalue weighted by atomic mass is 9.83. The van der Waals surface area contributed by atoms with Gasteiger partial charge in [-0.3, -0.25) is 4.79 Å². The number of rotatable bonds is 4. The predicted molar refractivity (Wildman–Crippen MR) is 101 cm³/mol. The molecule has 1 aliphatic heterocycles. The Labute approximate surface area is 160 Å². The molecule has 0 aromatic carbocycles. The largest absolute Gasteiger partial charge is 0.361 e. The van der Waals surface area contributed by atoms with E-state index in [0.29, 0.717) is 24.7 Å². The zero-order valence-corrected chi connectivity index (χ0v) is 16.6. The molecular formula is C21H29N3O3. The van der Waals surface area contributed by atoms with Crippen LogP contribution in [-0.4, -0.2) is 34.2 Å². The average Bonchev–Trinajstić information content (AvgIpc) is 3.23. The van der Waals surface area contributed by atoms with Gasteiger partial charge in [-0.05, 0) is 58.3 Å². The maximum Gasteiger partial charge on any atom is 0.222 e. The van der Waals surface area contributed by atoms with Gasteiger partial charge in [-0.2, -0.15) is 0 Å². The van der Waals surface area contributed by atoms with E-state index in [1.165, 1.54) is 17.7 Å². The molecule has 4 rings (SSSR count). The van der Waals surface area contributed by atoms with Crippen molar-refractivity contribution in [1.82, 2.24) is 15.2 Å². The van der Waals surface area contributed by atoms with Gasteiger partial charge in [0.05, 0.1) is 11.4 Å². The standard InChI is InChI=1S/C21H29N3O3/c1-13-4-6-19-18(12-13)21(27-23-19)16-8-10-24(11-9-16)20(25)7-5-17-14(2)22-26-15(17)3/h13,16H,4-12H2,1-3H3/t13-/m0/s1. The Morgan fingerprint density at radius 3 is 2.63 bits per heavy atom. The quantitative estimate of drug-likeness (QED) is 0.818. The van der Waals surface area contributed by atoms with Crippen LogP contribution in [-0.2, 0) is 24.1 Å². The van der Waals surface area contributed by atoms with E-state index in [4.69, 9.17) is 9.05 Å². The van der Waals surface area contributed by atoms with E-state index in [0.717, 1.165) is 61.6 Å². The number of nitrogens with zero attached hydrogens (tertiary/aromatic N) is 3. The van der Waals surface area contributed by atoms with Crippen molar-refractivity contribution in [3.05, 3.63) is 34.0 Å². The Balaban J connectivity index is 1.33. The first-order valence-electron chi connectivity index (χ1n) is 10.2. The van der Waals surface area contributed by atoms with Crippen molar-refractivity contribution in [3.63, 3.8) is 0 Å². The number of amides is 1. The summed E-state index contributed by atoms with van der Waals surface area (Å²) in [6, 6.07) is 0. The fraction of sp³-hybridized carbons (Fsp3) is 0.667. The van der Waals surface area contributed by atoms with E-state index in [1.54, 1.807) is 0 Å². The van der Waals surface area contributed by atoms with E-state index in [9.17, 15) is 4.79 Å². The second-order valence-corrected chi connectivity index (χ2v) is 8.28. The number of hydrogen-bond acceptors (Lipinski definition) is 5. The lowest BCUT2D eigenvalue weighted by molar-refractivity contribution is -0.132. The maximum atomic E-state index is 12.6. The van der Waals surface area contributed by atoms with Crippen molar-refractivity contribution in [2.24, 2.45) is 5.92 Å². The van der Waals surface area contributed by atoms with E-state index in [-0.39, 0.29) is 5.91 Å². The van der Waals surface area contributed by atoms with Crippen molar-refractivity contribution in [2.45, 2.75) is 71.6 Å². The van der Waals surface area contributed by atoms with E-state index < -0.39 is 0 Å². The van der Waals surface area contributed by atoms with E-state index >= 15 is 0 Å². The minimum absolute atomic E-state index is 0.224. The highest BCUT2D eigenvalue weighted by atomic mass is 16.5. The van der Waals surface area contributed by atoms with Gasteiger partial charge < -0.3 is 13.9 Å². The molecule has 1 fully saturated rings. The van der Waals surface area contributed by atoms with Crippen LogP contribution in [0.4, 0.5) is 0 Å². The highest BCUT2D eigenvalue weighted by Crippen LogP contribution is 2.36. The molecule has 3 heterocycles. The third-order valence-corrected chi connectivity index (χ3v) is 6.32. The molecule has 27 heavy (non-hydrogen) atoms. The van der Waals surface area contributed by atoms with Crippen LogP contribution < -0.4 is 0 Å². The molecule has 0 unspecified atom stereocenters. The van der Waals surface area contributed by atoms with Crippen molar-refractivity contribution in [1.29, 1.82) is 0 Å². The second-order valence-electron chi connectivity index (χ2n) is 8.28. The average molecular weight is 371 g/mol. The molecule has 6 nitrogen and oxygen atoms in total. The number of piperidine rings is 1. The molecule has 1 amide bonds. The molecule has 0 N–H and O–H groups in total. The molecule has 1 aliphatic carbocycles. The molecule has 0 spiro atoms. The van der Waals surface area contributed by atoms with Crippen LogP contribution in [0.15, 0.2) is 9.05 Å². The molecule has 6 heteroatoms. The molecule has 2 aromatic heterocycles. The van der Waals surface area contributed by atoms with E-state index in [2.05, 4.69) is 17.2 Å². The van der Waals surface area contributed by atoms with Gasteiger partial charge in [0.1, 0.15) is 11.5 Å². The van der Waals surface area contributed by atoms with Crippen molar-refractivity contribution >= 4 is 5.91 Å². The fourth-order valence-corrected chi connectivity index (χ4v) is 4.57. The number of fused-ring (bicyclic) bond motifs is 1. The first kappa shape index (κ1) is 18.3. The minimum Gasteiger partial charge on any atom is -0.361 e. The lowest BCUT2D eigenvalue weighted by Crippen LogP contribution is -2.38. The normalized spacial score (nSPS) is 20.7. The van der Waals surface area contributed by atoms with Crippen LogP contribution in [0.25, 0.3) is 0 Å². The van der Waals surface area contributed by atoms with Gasteiger partial charge in [-0.15, -0.1) is 0 Å². The minimum atomic E-state index is 0.224. The van der Waals surface area contributed by atoms with Crippen LogP contribution in [0.2, 0.25) is 0 Å². The number of carbonyl (C=O) groups excluding carboxylic acids is 1. The van der Waals surface area contributed by atoms with Crippen molar-refractivity contribution < 1.29 is 13.8 Å². The number of carbonyl (C=O) groups is 1. The summed E-state index contributed by atoms with van der Waals surface area (Å²) < 4.78 is 10.9. The Morgan fingerprint density at radius 1 is 1.15 bits per heavy atom. The molecule has 2 aromatic rings. The van der Waals surface area contributed by atoms with Gasteiger partial charge in [0.15, 0.2) is 0 Å². The number of likely N-dealkylation sites (tertiary alicyclic amines) is 1. The predicted octanol–water partition coefficient (Wildman–Crippen LogP) is 3.74.